The van der Waals surface area contributed by atoms with Gasteiger partial charge in [-0.15, -0.1) is 0 Å². The van der Waals surface area contributed by atoms with Gasteiger partial charge in [-0.05, 0) is 73.4 Å². The second-order valence-electron chi connectivity index (χ2n) is 7.11. The summed E-state index contributed by atoms with van der Waals surface area (Å²) in [5, 5.41) is 0. The van der Waals surface area contributed by atoms with E-state index < -0.39 is 0 Å². The van der Waals surface area contributed by atoms with Crippen LogP contribution in [0.25, 0.3) is 11.1 Å². The lowest BCUT2D eigenvalue weighted by Crippen LogP contribution is -2.19. The number of aromatic amines is 1. The van der Waals surface area contributed by atoms with Gasteiger partial charge >= 0.3 is 0 Å². The molecule has 4 nitrogen and oxygen atoms in total. The van der Waals surface area contributed by atoms with E-state index in [0.29, 0.717) is 12.5 Å². The number of H-pyrrole nitrogens is 1. The second kappa shape index (κ2) is 7.89. The highest BCUT2D eigenvalue weighted by Crippen LogP contribution is 2.43. The van der Waals surface area contributed by atoms with Gasteiger partial charge in [0.2, 0.25) is 0 Å². The average molecular weight is 362 g/mol. The van der Waals surface area contributed by atoms with Gasteiger partial charge in [-0.1, -0.05) is 36.4 Å². The molecule has 27 heavy (non-hydrogen) atoms. The lowest BCUT2D eigenvalue weighted by Gasteiger charge is -2.15. The number of aromatic nitrogens is 1. The zero-order valence-electron chi connectivity index (χ0n) is 16.1. The molecule has 2 aromatic rings. The molecule has 1 fully saturated rings. The summed E-state index contributed by atoms with van der Waals surface area (Å²) >= 11 is 0. The molecular weight excluding hydrogens is 336 g/mol. The Morgan fingerprint density at radius 1 is 1.22 bits per heavy atom. The zero-order chi connectivity index (χ0) is 19.6. The Balaban J connectivity index is 2.20. The van der Waals surface area contributed by atoms with Crippen molar-refractivity contribution in [1.29, 1.82) is 0 Å². The minimum Gasteiger partial charge on any atom is -0.326 e. The highest BCUT2D eigenvalue weighted by atomic mass is 16.1. The van der Waals surface area contributed by atoms with Crippen LogP contribution in [0.4, 0.5) is 0 Å². The maximum absolute atomic E-state index is 12.5. The Bertz CT molecular complexity index is 974. The molecule has 0 saturated heterocycles. The number of ketones is 1. The number of benzene rings is 1. The third kappa shape index (κ3) is 4.01. The van der Waals surface area contributed by atoms with Crippen LogP contribution in [0.15, 0.2) is 47.3 Å². The zero-order valence-corrected chi connectivity index (χ0v) is 16.1. The molecule has 1 aromatic carbocycles. The summed E-state index contributed by atoms with van der Waals surface area (Å²) in [6.07, 6.45) is 6.23. The first-order valence-corrected chi connectivity index (χ1v) is 9.37. The van der Waals surface area contributed by atoms with Gasteiger partial charge in [0.1, 0.15) is 0 Å². The molecule has 1 aliphatic carbocycles. The summed E-state index contributed by atoms with van der Waals surface area (Å²) < 4.78 is 0. The Kier molecular flexibility index (Phi) is 5.57. The van der Waals surface area contributed by atoms with Crippen molar-refractivity contribution in [2.75, 3.05) is 0 Å². The Morgan fingerprint density at radius 3 is 2.41 bits per heavy atom. The molecule has 1 aromatic heterocycles. The minimum absolute atomic E-state index is 0.197. The van der Waals surface area contributed by atoms with Crippen LogP contribution in [0.1, 0.15) is 72.3 Å². The first kappa shape index (κ1) is 19.1. The maximum Gasteiger partial charge on any atom is 0.259 e. The Labute approximate surface area is 159 Å². The number of hydrogen-bond donors (Lipinski definition) is 2. The van der Waals surface area contributed by atoms with Gasteiger partial charge in [0.05, 0.1) is 5.56 Å². The molecule has 0 bridgehead atoms. The molecule has 1 saturated carbocycles. The molecule has 0 amide bonds. The van der Waals surface area contributed by atoms with E-state index in [1.807, 2.05) is 32.1 Å². The molecule has 0 unspecified atom stereocenters. The fourth-order valence-electron chi connectivity index (χ4n) is 3.39. The van der Waals surface area contributed by atoms with E-state index >= 15 is 0 Å². The van der Waals surface area contributed by atoms with Crippen molar-refractivity contribution in [2.45, 2.75) is 46.1 Å². The molecule has 1 heterocycles. The quantitative estimate of drug-likeness (QED) is 0.590. The van der Waals surface area contributed by atoms with Crippen molar-refractivity contribution >= 4 is 16.9 Å². The number of pyridine rings is 1. The number of nitrogens with two attached hydrogens (primary N) is 1. The Morgan fingerprint density at radius 2 is 1.89 bits per heavy atom. The van der Waals surface area contributed by atoms with Gasteiger partial charge in [-0.3, -0.25) is 9.59 Å². The number of nitrogens with one attached hydrogen (secondary N) is 1. The van der Waals surface area contributed by atoms with E-state index in [4.69, 9.17) is 5.73 Å². The topological polar surface area (TPSA) is 76.0 Å². The standard InChI is InChI=1S/C23H26N2O2/c1-4-5-19(17-8-6-16(13-24)7-9-17)14(2)22-21(18-10-11-18)12-20(15(3)26)23(27)25-22/h4-9,12,18H,10-11,13,24H2,1-3H3,(H,25,27)/b5-4-,19-14+. The molecule has 0 radical (unpaired) electrons. The molecule has 0 atom stereocenters. The van der Waals surface area contributed by atoms with E-state index in [1.165, 1.54) is 6.92 Å². The Hall–Kier alpha value is -2.72. The van der Waals surface area contributed by atoms with E-state index in [-0.39, 0.29) is 16.9 Å². The number of Topliss-reactive ketones (excluding diaryl/α,β-unsaturated/α-hetero) is 1. The van der Waals surface area contributed by atoms with Gasteiger partial charge in [0, 0.05) is 12.2 Å². The van der Waals surface area contributed by atoms with Gasteiger partial charge in [-0.2, -0.15) is 0 Å². The lowest BCUT2D eigenvalue weighted by molar-refractivity contribution is 0.101. The SMILES string of the molecule is C/C=C\C(=C(\C)c1[nH]c(=O)c(C(C)=O)cc1C1CC1)c1ccc(CN)cc1. The minimum atomic E-state index is -0.320. The predicted octanol–water partition coefficient (Wildman–Crippen LogP) is 4.42. The summed E-state index contributed by atoms with van der Waals surface area (Å²) in [5.41, 5.74) is 11.7. The maximum atomic E-state index is 12.5. The van der Waals surface area contributed by atoms with E-state index in [2.05, 4.69) is 23.2 Å². The summed E-state index contributed by atoms with van der Waals surface area (Å²) in [5.74, 6) is 0.216. The van der Waals surface area contributed by atoms with Gasteiger partial charge < -0.3 is 10.7 Å². The van der Waals surface area contributed by atoms with Crippen molar-refractivity contribution in [3.05, 3.63) is 80.8 Å². The number of hydrogen-bond acceptors (Lipinski definition) is 3. The van der Waals surface area contributed by atoms with Crippen LogP contribution in [-0.4, -0.2) is 10.8 Å². The lowest BCUT2D eigenvalue weighted by atomic mass is 9.93. The normalized spacial score (nSPS) is 15.1. The fraction of sp³-hybridized carbons (Fsp3) is 0.304. The van der Waals surface area contributed by atoms with Crippen molar-refractivity contribution in [3.63, 3.8) is 0 Å². The van der Waals surface area contributed by atoms with Crippen LogP contribution in [-0.2, 0) is 6.54 Å². The predicted molar refractivity (Wildman–Crippen MR) is 111 cm³/mol. The van der Waals surface area contributed by atoms with Crippen molar-refractivity contribution in [3.8, 4) is 0 Å². The smallest absolute Gasteiger partial charge is 0.259 e. The average Bonchev–Trinajstić information content (AvgIpc) is 3.50. The summed E-state index contributed by atoms with van der Waals surface area (Å²) in [7, 11) is 0. The van der Waals surface area contributed by atoms with Crippen LogP contribution in [0, 0.1) is 0 Å². The molecule has 0 aliphatic heterocycles. The van der Waals surface area contributed by atoms with Crippen LogP contribution < -0.4 is 11.3 Å². The third-order valence-electron chi connectivity index (χ3n) is 5.08. The highest BCUT2D eigenvalue weighted by molar-refractivity contribution is 5.97. The molecule has 1 aliphatic rings. The van der Waals surface area contributed by atoms with E-state index in [0.717, 1.165) is 46.4 Å². The molecule has 3 rings (SSSR count). The number of carbonyl (C=O) groups excluding carboxylic acids is 1. The van der Waals surface area contributed by atoms with E-state index in [9.17, 15) is 9.59 Å². The number of rotatable bonds is 6. The molecular formula is C23H26N2O2. The number of carbonyl (C=O) groups is 1. The summed E-state index contributed by atoms with van der Waals surface area (Å²) in [4.78, 5) is 27.2. The molecule has 140 valence electrons. The first-order valence-electron chi connectivity index (χ1n) is 9.37. The fourth-order valence-corrected chi connectivity index (χ4v) is 3.39. The van der Waals surface area contributed by atoms with Crippen molar-refractivity contribution in [1.82, 2.24) is 4.98 Å². The van der Waals surface area contributed by atoms with Gasteiger partial charge in [-0.25, -0.2) is 0 Å². The molecule has 4 heteroatoms. The first-order chi connectivity index (χ1) is 13.0. The van der Waals surface area contributed by atoms with Gasteiger partial charge in [0.25, 0.3) is 5.56 Å². The van der Waals surface area contributed by atoms with Crippen LogP contribution in [0.5, 0.6) is 0 Å². The third-order valence-corrected chi connectivity index (χ3v) is 5.08. The van der Waals surface area contributed by atoms with Crippen LogP contribution in [0.3, 0.4) is 0 Å². The summed E-state index contributed by atoms with van der Waals surface area (Å²) in [6, 6.07) is 9.95. The highest BCUT2D eigenvalue weighted by Gasteiger charge is 2.29. The monoisotopic (exact) mass is 362 g/mol. The molecule has 0 spiro atoms. The van der Waals surface area contributed by atoms with Crippen molar-refractivity contribution in [2.24, 2.45) is 5.73 Å². The molecule has 3 N–H and O–H groups in total. The number of allylic oxidation sites excluding steroid dienone is 4. The second-order valence-corrected chi connectivity index (χ2v) is 7.11. The largest absolute Gasteiger partial charge is 0.326 e. The van der Waals surface area contributed by atoms with E-state index in [1.54, 1.807) is 6.07 Å². The van der Waals surface area contributed by atoms with Gasteiger partial charge in [0.15, 0.2) is 5.78 Å². The van der Waals surface area contributed by atoms with Crippen molar-refractivity contribution < 1.29 is 4.79 Å². The summed E-state index contributed by atoms with van der Waals surface area (Å²) in [6.45, 7) is 5.95. The van der Waals surface area contributed by atoms with Crippen LogP contribution in [0.2, 0.25) is 0 Å². The van der Waals surface area contributed by atoms with Crippen LogP contribution >= 0.6 is 0 Å².